The molecule has 2 rings (SSSR count). The lowest BCUT2D eigenvalue weighted by molar-refractivity contribution is 0.0897. The normalized spacial score (nSPS) is 16.3. The van der Waals surface area contributed by atoms with Crippen LogP contribution in [0.5, 0.6) is 11.5 Å². The summed E-state index contributed by atoms with van der Waals surface area (Å²) in [4.78, 5) is 12.6. The fraction of sp³-hybridized carbons (Fsp3) is 0.562. The van der Waals surface area contributed by atoms with E-state index in [1.165, 1.54) is 0 Å². The molecular formula is C16H23BrN2O3. The molecule has 1 amide bonds. The van der Waals surface area contributed by atoms with Gasteiger partial charge in [-0.25, -0.2) is 0 Å². The summed E-state index contributed by atoms with van der Waals surface area (Å²) in [5, 5.41) is 3.04. The van der Waals surface area contributed by atoms with Crippen LogP contribution in [-0.2, 0) is 0 Å². The zero-order valence-corrected chi connectivity index (χ0v) is 14.8. The highest BCUT2D eigenvalue weighted by atomic mass is 79.9. The summed E-state index contributed by atoms with van der Waals surface area (Å²) in [5.74, 6) is 1.52. The van der Waals surface area contributed by atoms with Crippen molar-refractivity contribution in [2.45, 2.75) is 32.7 Å². The van der Waals surface area contributed by atoms with Crippen molar-refractivity contribution in [3.8, 4) is 11.5 Å². The molecule has 1 unspecified atom stereocenters. The molecular weight excluding hydrogens is 348 g/mol. The van der Waals surface area contributed by atoms with Crippen molar-refractivity contribution in [1.29, 1.82) is 0 Å². The van der Waals surface area contributed by atoms with E-state index in [0.717, 1.165) is 6.42 Å². The molecule has 6 heteroatoms. The van der Waals surface area contributed by atoms with Crippen LogP contribution in [-0.4, -0.2) is 31.2 Å². The van der Waals surface area contributed by atoms with E-state index in [0.29, 0.717) is 47.2 Å². The van der Waals surface area contributed by atoms with Gasteiger partial charge in [-0.05, 0) is 47.3 Å². The first-order valence-electron chi connectivity index (χ1n) is 7.46. The van der Waals surface area contributed by atoms with Crippen molar-refractivity contribution >= 4 is 21.8 Å². The van der Waals surface area contributed by atoms with Gasteiger partial charge < -0.3 is 20.5 Å². The number of rotatable bonds is 5. The maximum atomic E-state index is 12.6. The Morgan fingerprint density at radius 3 is 2.73 bits per heavy atom. The van der Waals surface area contributed by atoms with Crippen molar-refractivity contribution in [2.24, 2.45) is 11.7 Å². The monoisotopic (exact) mass is 370 g/mol. The molecule has 1 aromatic carbocycles. The fourth-order valence-electron chi connectivity index (χ4n) is 2.67. The van der Waals surface area contributed by atoms with E-state index in [9.17, 15) is 4.79 Å². The van der Waals surface area contributed by atoms with Crippen LogP contribution in [0.3, 0.4) is 0 Å². The van der Waals surface area contributed by atoms with Gasteiger partial charge in [0.1, 0.15) is 13.2 Å². The number of carbonyl (C=O) groups is 1. The quantitative estimate of drug-likeness (QED) is 0.835. The number of ether oxygens (including phenoxy) is 2. The van der Waals surface area contributed by atoms with Gasteiger partial charge in [0.15, 0.2) is 11.5 Å². The Morgan fingerprint density at radius 1 is 1.41 bits per heavy atom. The van der Waals surface area contributed by atoms with E-state index in [-0.39, 0.29) is 5.91 Å². The average Bonchev–Trinajstić information content (AvgIpc) is 2.46. The highest BCUT2D eigenvalue weighted by Gasteiger charge is 2.27. The second-order valence-electron chi connectivity index (χ2n) is 6.30. The highest BCUT2D eigenvalue weighted by molar-refractivity contribution is 9.10. The molecule has 1 atom stereocenters. The first-order chi connectivity index (χ1) is 10.3. The SMILES string of the molecule is CC(C)CC(C)(CN)NC(=O)c1cc(Br)c2c(c1)OCCO2. The van der Waals surface area contributed by atoms with Crippen LogP contribution < -0.4 is 20.5 Å². The zero-order valence-electron chi connectivity index (χ0n) is 13.2. The molecule has 0 saturated heterocycles. The predicted octanol–water partition coefficient (Wildman–Crippen LogP) is 2.71. The lowest BCUT2D eigenvalue weighted by Gasteiger charge is -2.31. The van der Waals surface area contributed by atoms with Crippen molar-refractivity contribution in [1.82, 2.24) is 5.32 Å². The van der Waals surface area contributed by atoms with Crippen LogP contribution in [0.2, 0.25) is 0 Å². The van der Waals surface area contributed by atoms with Crippen molar-refractivity contribution in [3.63, 3.8) is 0 Å². The molecule has 122 valence electrons. The summed E-state index contributed by atoms with van der Waals surface area (Å²) in [6.07, 6.45) is 0.820. The summed E-state index contributed by atoms with van der Waals surface area (Å²) in [5.41, 5.74) is 5.96. The lowest BCUT2D eigenvalue weighted by Crippen LogP contribution is -2.52. The molecule has 5 nitrogen and oxygen atoms in total. The largest absolute Gasteiger partial charge is 0.486 e. The van der Waals surface area contributed by atoms with Gasteiger partial charge in [0.05, 0.1) is 4.47 Å². The smallest absolute Gasteiger partial charge is 0.251 e. The van der Waals surface area contributed by atoms with E-state index in [4.69, 9.17) is 15.2 Å². The highest BCUT2D eigenvalue weighted by Crippen LogP contribution is 2.38. The zero-order chi connectivity index (χ0) is 16.3. The minimum Gasteiger partial charge on any atom is -0.486 e. The van der Waals surface area contributed by atoms with Gasteiger partial charge in [0.2, 0.25) is 0 Å². The van der Waals surface area contributed by atoms with Crippen LogP contribution in [0.1, 0.15) is 37.6 Å². The summed E-state index contributed by atoms with van der Waals surface area (Å²) in [6, 6.07) is 3.45. The van der Waals surface area contributed by atoms with E-state index in [1.807, 2.05) is 6.92 Å². The second kappa shape index (κ2) is 6.87. The molecule has 0 saturated carbocycles. The van der Waals surface area contributed by atoms with Gasteiger partial charge in [-0.1, -0.05) is 13.8 Å². The van der Waals surface area contributed by atoms with Crippen LogP contribution in [0.25, 0.3) is 0 Å². The third-order valence-corrected chi connectivity index (χ3v) is 4.17. The van der Waals surface area contributed by atoms with Crippen LogP contribution in [0, 0.1) is 5.92 Å². The first kappa shape index (κ1) is 17.1. The number of nitrogens with one attached hydrogen (secondary N) is 1. The first-order valence-corrected chi connectivity index (χ1v) is 8.25. The minimum atomic E-state index is -0.426. The maximum absolute atomic E-state index is 12.6. The van der Waals surface area contributed by atoms with Gasteiger partial charge in [-0.15, -0.1) is 0 Å². The number of benzene rings is 1. The Kier molecular flexibility index (Phi) is 5.34. The predicted molar refractivity (Wildman–Crippen MR) is 89.5 cm³/mol. The summed E-state index contributed by atoms with van der Waals surface area (Å²) in [7, 11) is 0. The molecule has 3 N–H and O–H groups in total. The molecule has 22 heavy (non-hydrogen) atoms. The van der Waals surface area contributed by atoms with Gasteiger partial charge in [-0.3, -0.25) is 4.79 Å². The average molecular weight is 371 g/mol. The standard InChI is InChI=1S/C16H23BrN2O3/c1-10(2)8-16(3,9-18)19-15(20)11-6-12(17)14-13(7-11)21-4-5-22-14/h6-7,10H,4-5,8-9,18H2,1-3H3,(H,19,20). The third-order valence-electron chi connectivity index (χ3n) is 3.58. The number of hydrogen-bond acceptors (Lipinski definition) is 4. The van der Waals surface area contributed by atoms with Crippen LogP contribution in [0.4, 0.5) is 0 Å². The summed E-state index contributed by atoms with van der Waals surface area (Å²) in [6.45, 7) is 7.58. The number of nitrogens with two attached hydrogens (primary N) is 1. The number of hydrogen-bond donors (Lipinski definition) is 2. The molecule has 0 aromatic heterocycles. The van der Waals surface area contributed by atoms with E-state index >= 15 is 0 Å². The van der Waals surface area contributed by atoms with Crippen molar-refractivity contribution < 1.29 is 14.3 Å². The van der Waals surface area contributed by atoms with Gasteiger partial charge >= 0.3 is 0 Å². The molecule has 0 radical (unpaired) electrons. The Balaban J connectivity index is 2.20. The minimum absolute atomic E-state index is 0.161. The maximum Gasteiger partial charge on any atom is 0.251 e. The summed E-state index contributed by atoms with van der Waals surface area (Å²) < 4.78 is 11.8. The number of halogens is 1. The molecule has 1 heterocycles. The van der Waals surface area contributed by atoms with Crippen molar-refractivity contribution in [2.75, 3.05) is 19.8 Å². The van der Waals surface area contributed by atoms with E-state index in [1.54, 1.807) is 12.1 Å². The van der Waals surface area contributed by atoms with Gasteiger partial charge in [0.25, 0.3) is 5.91 Å². The molecule has 1 aliphatic heterocycles. The number of fused-ring (bicyclic) bond motifs is 1. The van der Waals surface area contributed by atoms with E-state index < -0.39 is 5.54 Å². The van der Waals surface area contributed by atoms with Gasteiger partial charge in [-0.2, -0.15) is 0 Å². The van der Waals surface area contributed by atoms with E-state index in [2.05, 4.69) is 35.1 Å². The molecule has 0 bridgehead atoms. The van der Waals surface area contributed by atoms with Crippen LogP contribution in [0.15, 0.2) is 16.6 Å². The number of amides is 1. The topological polar surface area (TPSA) is 73.6 Å². The Hall–Kier alpha value is -1.27. The molecule has 0 fully saturated rings. The fourth-order valence-corrected chi connectivity index (χ4v) is 3.23. The number of carbonyl (C=O) groups excluding carboxylic acids is 1. The molecule has 0 spiro atoms. The Labute approximate surface area is 139 Å². The van der Waals surface area contributed by atoms with Crippen molar-refractivity contribution in [3.05, 3.63) is 22.2 Å². The molecule has 1 aromatic rings. The lowest BCUT2D eigenvalue weighted by atomic mass is 9.90. The summed E-state index contributed by atoms with van der Waals surface area (Å²) >= 11 is 3.43. The second-order valence-corrected chi connectivity index (χ2v) is 7.15. The van der Waals surface area contributed by atoms with Gasteiger partial charge in [0, 0.05) is 17.6 Å². The Bertz CT molecular complexity index is 563. The van der Waals surface area contributed by atoms with Crippen LogP contribution >= 0.6 is 15.9 Å². The molecule has 0 aliphatic carbocycles. The Morgan fingerprint density at radius 2 is 2.09 bits per heavy atom. The molecule has 1 aliphatic rings. The third kappa shape index (κ3) is 3.93.